The van der Waals surface area contributed by atoms with E-state index >= 15 is 0 Å². The maximum atomic E-state index is 9.28. The van der Waals surface area contributed by atoms with E-state index in [2.05, 4.69) is 32.6 Å². The van der Waals surface area contributed by atoms with Crippen molar-refractivity contribution in [1.82, 2.24) is 20.4 Å². The van der Waals surface area contributed by atoms with Gasteiger partial charge in [0.25, 0.3) is 0 Å². The molecular weight excluding hydrogens is 447 g/mol. The van der Waals surface area contributed by atoms with Crippen molar-refractivity contribution < 1.29 is 9.84 Å². The summed E-state index contributed by atoms with van der Waals surface area (Å²) in [7, 11) is 0. The van der Waals surface area contributed by atoms with Crippen molar-refractivity contribution in [2.24, 2.45) is 0 Å². The van der Waals surface area contributed by atoms with Crippen LogP contribution in [0.15, 0.2) is 42.5 Å². The number of aliphatic hydroxyl groups excluding tert-OH is 1. The first-order valence-corrected chi connectivity index (χ1v) is 12.0. The van der Waals surface area contributed by atoms with Crippen LogP contribution in [0.2, 0.25) is 10.0 Å². The van der Waals surface area contributed by atoms with Gasteiger partial charge in [0.1, 0.15) is 18.6 Å². The molecule has 32 heavy (non-hydrogen) atoms. The van der Waals surface area contributed by atoms with Gasteiger partial charge in [0, 0.05) is 74.5 Å². The molecule has 6 nitrogen and oxygen atoms in total. The number of nitrogens with zero attached hydrogens (tertiary/aromatic N) is 2. The maximum Gasteiger partial charge on any atom is 0.125 e. The normalized spacial score (nSPS) is 16.2. The number of hydrogen-bond acceptors (Lipinski definition) is 6. The minimum Gasteiger partial charge on any atom is -0.492 e. The van der Waals surface area contributed by atoms with Gasteiger partial charge in [-0.25, -0.2) is 0 Å². The zero-order valence-corrected chi connectivity index (χ0v) is 20.2. The molecule has 1 fully saturated rings. The molecule has 1 saturated heterocycles. The molecule has 1 aliphatic heterocycles. The smallest absolute Gasteiger partial charge is 0.125 e. The summed E-state index contributed by atoms with van der Waals surface area (Å²) in [5.74, 6) is 0.784. The molecule has 1 unspecified atom stereocenters. The average molecular weight is 481 g/mol. The van der Waals surface area contributed by atoms with E-state index < -0.39 is 6.23 Å². The van der Waals surface area contributed by atoms with Crippen LogP contribution >= 0.6 is 23.2 Å². The van der Waals surface area contributed by atoms with Crippen molar-refractivity contribution in [2.75, 3.05) is 52.4 Å². The molecule has 0 amide bonds. The van der Waals surface area contributed by atoms with Gasteiger partial charge in [0.2, 0.25) is 0 Å². The Labute approximate surface area is 201 Å². The lowest BCUT2D eigenvalue weighted by atomic mass is 10.2. The molecule has 3 N–H and O–H groups in total. The lowest BCUT2D eigenvalue weighted by Gasteiger charge is -2.34. The lowest BCUT2D eigenvalue weighted by Crippen LogP contribution is -2.47. The number of aliphatic hydroxyl groups is 1. The van der Waals surface area contributed by atoms with Gasteiger partial charge >= 0.3 is 0 Å². The minimum absolute atomic E-state index is 0.470. The number of ether oxygens (including phenoxy) is 1. The summed E-state index contributed by atoms with van der Waals surface area (Å²) in [4.78, 5) is 4.99. The molecule has 0 aromatic heterocycles. The number of nitrogens with one attached hydrogen (secondary N) is 2. The predicted molar refractivity (Wildman–Crippen MR) is 132 cm³/mol. The summed E-state index contributed by atoms with van der Waals surface area (Å²) >= 11 is 12.2. The second-order valence-corrected chi connectivity index (χ2v) is 9.03. The van der Waals surface area contributed by atoms with Gasteiger partial charge in [0.15, 0.2) is 0 Å². The van der Waals surface area contributed by atoms with Crippen molar-refractivity contribution in [1.29, 1.82) is 0 Å². The second kappa shape index (κ2) is 13.4. The highest BCUT2D eigenvalue weighted by molar-refractivity contribution is 6.31. The molecular formula is C24H34Cl2N4O2. The summed E-state index contributed by atoms with van der Waals surface area (Å²) in [6.07, 6.45) is -0.544. The quantitative estimate of drug-likeness (QED) is 0.320. The zero-order valence-electron chi connectivity index (χ0n) is 18.7. The number of benzene rings is 2. The van der Waals surface area contributed by atoms with E-state index in [4.69, 9.17) is 27.9 Å². The number of hydrogen-bond donors (Lipinski definition) is 3. The van der Waals surface area contributed by atoms with Crippen LogP contribution in [0.25, 0.3) is 0 Å². The Morgan fingerprint density at radius 1 is 1.00 bits per heavy atom. The van der Waals surface area contributed by atoms with Gasteiger partial charge in [-0.3, -0.25) is 15.1 Å². The molecule has 0 bridgehead atoms. The predicted octanol–water partition coefficient (Wildman–Crippen LogP) is 3.21. The van der Waals surface area contributed by atoms with E-state index in [1.54, 1.807) is 6.92 Å². The highest BCUT2D eigenvalue weighted by Crippen LogP contribution is 2.23. The molecule has 176 valence electrons. The van der Waals surface area contributed by atoms with Crippen molar-refractivity contribution in [3.05, 3.63) is 63.6 Å². The standard InChI is InChI=1S/C24H34Cl2N4O2/c1-19(31)28-8-14-32-24-16-23(26)6-5-21(24)17-27-7-9-29-10-12-30(13-11-29)18-20-3-2-4-22(25)15-20/h2-6,15-16,19,27-28,31H,7-14,17-18H2,1H3. The Morgan fingerprint density at radius 3 is 2.50 bits per heavy atom. The van der Waals surface area contributed by atoms with Gasteiger partial charge in [-0.15, -0.1) is 0 Å². The lowest BCUT2D eigenvalue weighted by molar-refractivity contribution is 0.127. The number of piperazine rings is 1. The molecule has 0 aliphatic carbocycles. The van der Waals surface area contributed by atoms with Crippen LogP contribution in [0.5, 0.6) is 5.75 Å². The Balaban J connectivity index is 1.35. The average Bonchev–Trinajstić information content (AvgIpc) is 2.76. The Kier molecular flexibility index (Phi) is 10.5. The van der Waals surface area contributed by atoms with Crippen molar-refractivity contribution in [3.8, 4) is 5.75 Å². The van der Waals surface area contributed by atoms with E-state index in [9.17, 15) is 5.11 Å². The fourth-order valence-corrected chi connectivity index (χ4v) is 4.14. The van der Waals surface area contributed by atoms with E-state index in [0.717, 1.165) is 68.7 Å². The molecule has 1 heterocycles. The van der Waals surface area contributed by atoms with Gasteiger partial charge in [-0.1, -0.05) is 41.4 Å². The Hall–Kier alpha value is -1.38. The molecule has 2 aromatic rings. The number of rotatable bonds is 12. The zero-order chi connectivity index (χ0) is 22.8. The minimum atomic E-state index is -0.544. The molecule has 2 aromatic carbocycles. The van der Waals surface area contributed by atoms with Crippen LogP contribution in [0.4, 0.5) is 0 Å². The molecule has 0 spiro atoms. The molecule has 1 atom stereocenters. The highest BCUT2D eigenvalue weighted by Gasteiger charge is 2.16. The topological polar surface area (TPSA) is 60.0 Å². The van der Waals surface area contributed by atoms with E-state index in [1.807, 2.05) is 30.3 Å². The first-order valence-electron chi connectivity index (χ1n) is 11.2. The van der Waals surface area contributed by atoms with Crippen LogP contribution < -0.4 is 15.4 Å². The Morgan fingerprint density at radius 2 is 1.75 bits per heavy atom. The Bertz CT molecular complexity index is 829. The van der Waals surface area contributed by atoms with Crippen molar-refractivity contribution >= 4 is 23.2 Å². The van der Waals surface area contributed by atoms with Gasteiger partial charge < -0.3 is 15.2 Å². The first-order chi connectivity index (χ1) is 15.5. The summed E-state index contributed by atoms with van der Waals surface area (Å²) in [5, 5.41) is 17.2. The molecule has 0 saturated carbocycles. The van der Waals surface area contributed by atoms with E-state index in [0.29, 0.717) is 18.2 Å². The van der Waals surface area contributed by atoms with E-state index in [1.165, 1.54) is 5.56 Å². The summed E-state index contributed by atoms with van der Waals surface area (Å²) < 4.78 is 5.86. The van der Waals surface area contributed by atoms with Gasteiger partial charge in [-0.05, 0) is 36.8 Å². The van der Waals surface area contributed by atoms with Crippen LogP contribution in [0, 0.1) is 0 Å². The molecule has 1 aliphatic rings. The third-order valence-electron chi connectivity index (χ3n) is 5.51. The van der Waals surface area contributed by atoms with Crippen LogP contribution in [0.3, 0.4) is 0 Å². The molecule has 0 radical (unpaired) electrons. The molecule has 8 heteroatoms. The fourth-order valence-electron chi connectivity index (χ4n) is 3.76. The molecule has 3 rings (SSSR count). The largest absolute Gasteiger partial charge is 0.492 e. The van der Waals surface area contributed by atoms with Crippen LogP contribution in [0.1, 0.15) is 18.1 Å². The number of halogens is 2. The monoisotopic (exact) mass is 480 g/mol. The fraction of sp³-hybridized carbons (Fsp3) is 0.500. The second-order valence-electron chi connectivity index (χ2n) is 8.16. The third kappa shape index (κ3) is 8.87. The third-order valence-corrected chi connectivity index (χ3v) is 5.98. The highest BCUT2D eigenvalue weighted by atomic mass is 35.5. The van der Waals surface area contributed by atoms with Crippen LogP contribution in [-0.2, 0) is 13.1 Å². The maximum absolute atomic E-state index is 9.28. The summed E-state index contributed by atoms with van der Waals surface area (Å²) in [5.41, 5.74) is 2.35. The van der Waals surface area contributed by atoms with Gasteiger partial charge in [0.05, 0.1) is 0 Å². The SMILES string of the molecule is CC(O)NCCOc1cc(Cl)ccc1CNCCN1CCN(Cc2cccc(Cl)c2)CC1. The van der Waals surface area contributed by atoms with Gasteiger partial charge in [-0.2, -0.15) is 0 Å². The summed E-state index contributed by atoms with van der Waals surface area (Å²) in [6.45, 7) is 10.6. The summed E-state index contributed by atoms with van der Waals surface area (Å²) in [6, 6.07) is 13.9. The first kappa shape index (κ1) is 25.2. The van der Waals surface area contributed by atoms with E-state index in [-0.39, 0.29) is 0 Å². The van der Waals surface area contributed by atoms with Crippen LogP contribution in [-0.4, -0.2) is 73.6 Å². The van der Waals surface area contributed by atoms with Crippen molar-refractivity contribution in [3.63, 3.8) is 0 Å². The van der Waals surface area contributed by atoms with Crippen molar-refractivity contribution in [2.45, 2.75) is 26.2 Å².